The number of hydrogen-bond acceptors (Lipinski definition) is 6. The summed E-state index contributed by atoms with van der Waals surface area (Å²) in [5.41, 5.74) is -1.03. The molecule has 6 nitrogen and oxygen atoms in total. The van der Waals surface area contributed by atoms with Crippen LogP contribution in [-0.2, 0) is 14.4 Å². The molecule has 0 amide bonds. The van der Waals surface area contributed by atoms with E-state index in [9.17, 15) is 24.6 Å². The maximum absolute atomic E-state index is 12.5. The van der Waals surface area contributed by atoms with E-state index in [1.807, 2.05) is 0 Å². The zero-order chi connectivity index (χ0) is 18.9. The summed E-state index contributed by atoms with van der Waals surface area (Å²) in [7, 11) is 0. The third-order valence-electron chi connectivity index (χ3n) is 4.81. The molecule has 2 N–H and O–H groups in total. The van der Waals surface area contributed by atoms with Crippen molar-refractivity contribution < 1.29 is 29.3 Å². The average molecular weight is 348 g/mol. The van der Waals surface area contributed by atoms with Crippen LogP contribution < -0.4 is 4.74 Å². The van der Waals surface area contributed by atoms with Crippen molar-refractivity contribution in [3.63, 3.8) is 0 Å². The van der Waals surface area contributed by atoms with Crippen molar-refractivity contribution in [3.05, 3.63) is 23.8 Å². The first-order chi connectivity index (χ1) is 11.6. The third kappa shape index (κ3) is 3.58. The highest BCUT2D eigenvalue weighted by atomic mass is 16.5. The van der Waals surface area contributed by atoms with E-state index in [4.69, 9.17) is 4.74 Å². The molecule has 1 saturated carbocycles. The lowest BCUT2D eigenvalue weighted by Gasteiger charge is -2.44. The Kier molecular flexibility index (Phi) is 5.32. The van der Waals surface area contributed by atoms with Crippen LogP contribution in [0.1, 0.15) is 45.6 Å². The van der Waals surface area contributed by atoms with Gasteiger partial charge < -0.3 is 14.9 Å². The highest BCUT2D eigenvalue weighted by molar-refractivity contribution is 6.05. The van der Waals surface area contributed by atoms with Crippen molar-refractivity contribution in [2.24, 2.45) is 11.8 Å². The Morgan fingerprint density at radius 1 is 1.28 bits per heavy atom. The fourth-order valence-electron chi connectivity index (χ4n) is 3.92. The van der Waals surface area contributed by atoms with Crippen LogP contribution >= 0.6 is 0 Å². The van der Waals surface area contributed by atoms with Crippen LogP contribution in [0.2, 0.25) is 0 Å². The molecule has 1 aliphatic rings. The van der Waals surface area contributed by atoms with E-state index in [0.29, 0.717) is 12.2 Å². The van der Waals surface area contributed by atoms with Gasteiger partial charge in [-0.3, -0.25) is 14.4 Å². The highest BCUT2D eigenvalue weighted by Crippen LogP contribution is 2.47. The molecule has 6 heteroatoms. The second-order valence-corrected chi connectivity index (χ2v) is 6.86. The van der Waals surface area contributed by atoms with Gasteiger partial charge >= 0.3 is 0 Å². The predicted octanol–water partition coefficient (Wildman–Crippen LogP) is 2.01. The Morgan fingerprint density at radius 3 is 2.44 bits per heavy atom. The van der Waals surface area contributed by atoms with Crippen molar-refractivity contribution in [2.75, 3.05) is 6.61 Å². The molecule has 0 bridgehead atoms. The molecule has 1 aliphatic carbocycles. The molecule has 0 heterocycles. The molecular weight excluding hydrogens is 324 g/mol. The summed E-state index contributed by atoms with van der Waals surface area (Å²) in [6.45, 7) is 6.20. The molecule has 136 valence electrons. The number of ketones is 3. The van der Waals surface area contributed by atoms with Crippen molar-refractivity contribution in [2.45, 2.75) is 45.6 Å². The number of phenolic OH excluding ortho intramolecular Hbond substituents is 1. The standard InChI is InChI=1S/C19H24O6/c1-5-25-15-8-12(6-7-13(15)22)17-16(10(2)20)14(23)9-19(4,24)18(17)11(3)21/h6-8,16-18,22,24H,5,9H2,1-4H3. The fraction of sp³-hybridized carbons (Fsp3) is 0.526. The van der Waals surface area contributed by atoms with Crippen LogP contribution in [0.3, 0.4) is 0 Å². The van der Waals surface area contributed by atoms with Gasteiger partial charge in [0.05, 0.1) is 24.0 Å². The summed E-state index contributed by atoms with van der Waals surface area (Å²) >= 11 is 0. The first-order valence-corrected chi connectivity index (χ1v) is 8.31. The average Bonchev–Trinajstić information content (AvgIpc) is 2.46. The molecule has 1 aromatic rings. The molecule has 4 atom stereocenters. The van der Waals surface area contributed by atoms with Gasteiger partial charge in [-0.2, -0.15) is 0 Å². The minimum atomic E-state index is -1.54. The van der Waals surface area contributed by atoms with Gasteiger partial charge in [-0.15, -0.1) is 0 Å². The minimum absolute atomic E-state index is 0.0711. The molecule has 1 fully saturated rings. The molecule has 1 aromatic carbocycles. The quantitative estimate of drug-likeness (QED) is 0.790. The van der Waals surface area contributed by atoms with Gasteiger partial charge in [-0.05, 0) is 45.4 Å². The van der Waals surface area contributed by atoms with Gasteiger partial charge in [0, 0.05) is 12.3 Å². The van der Waals surface area contributed by atoms with Gasteiger partial charge in [-0.1, -0.05) is 6.07 Å². The molecule has 2 rings (SSSR count). The first kappa shape index (κ1) is 19.1. The topological polar surface area (TPSA) is 101 Å². The van der Waals surface area contributed by atoms with Crippen LogP contribution in [0, 0.1) is 11.8 Å². The molecule has 0 saturated heterocycles. The molecule has 25 heavy (non-hydrogen) atoms. The highest BCUT2D eigenvalue weighted by Gasteiger charge is 2.53. The van der Waals surface area contributed by atoms with Crippen LogP contribution in [0.5, 0.6) is 11.5 Å². The first-order valence-electron chi connectivity index (χ1n) is 8.31. The third-order valence-corrected chi connectivity index (χ3v) is 4.81. The fourth-order valence-corrected chi connectivity index (χ4v) is 3.92. The van der Waals surface area contributed by atoms with E-state index in [-0.39, 0.29) is 35.3 Å². The minimum Gasteiger partial charge on any atom is -0.504 e. The van der Waals surface area contributed by atoms with Gasteiger partial charge in [0.1, 0.15) is 17.3 Å². The van der Waals surface area contributed by atoms with Crippen LogP contribution in [0.25, 0.3) is 0 Å². The van der Waals surface area contributed by atoms with E-state index in [1.165, 1.54) is 32.9 Å². The Balaban J connectivity index is 2.64. The predicted molar refractivity (Wildman–Crippen MR) is 90.6 cm³/mol. The summed E-state index contributed by atoms with van der Waals surface area (Å²) in [5, 5.41) is 20.6. The maximum Gasteiger partial charge on any atom is 0.161 e. The largest absolute Gasteiger partial charge is 0.504 e. The SMILES string of the molecule is CCOc1cc(C2C(C(C)=O)C(=O)CC(C)(O)C2C(C)=O)ccc1O. The number of ether oxygens (including phenoxy) is 1. The molecule has 4 unspecified atom stereocenters. The summed E-state index contributed by atoms with van der Waals surface area (Å²) in [6.07, 6.45) is -0.242. The van der Waals surface area contributed by atoms with Gasteiger partial charge in [-0.25, -0.2) is 0 Å². The second-order valence-electron chi connectivity index (χ2n) is 6.86. The van der Waals surface area contributed by atoms with Gasteiger partial charge in [0.15, 0.2) is 11.5 Å². The van der Waals surface area contributed by atoms with E-state index < -0.39 is 23.4 Å². The number of phenols is 1. The van der Waals surface area contributed by atoms with E-state index in [0.717, 1.165) is 0 Å². The van der Waals surface area contributed by atoms with Crippen LogP contribution in [0.4, 0.5) is 0 Å². The number of benzene rings is 1. The van der Waals surface area contributed by atoms with E-state index >= 15 is 0 Å². The summed E-state index contributed by atoms with van der Waals surface area (Å²) in [4.78, 5) is 37.0. The number of rotatable bonds is 5. The molecular formula is C19H24O6. The Hall–Kier alpha value is -2.21. The number of carbonyl (C=O) groups excluding carboxylic acids is 3. The van der Waals surface area contributed by atoms with E-state index in [2.05, 4.69) is 0 Å². The van der Waals surface area contributed by atoms with Crippen molar-refractivity contribution in [1.29, 1.82) is 0 Å². The van der Waals surface area contributed by atoms with E-state index in [1.54, 1.807) is 13.0 Å². The number of Topliss-reactive ketones (excluding diaryl/α,β-unsaturated/α-hetero) is 3. The molecule has 0 aliphatic heterocycles. The summed E-state index contributed by atoms with van der Waals surface area (Å²) in [6, 6.07) is 4.50. The number of aliphatic hydroxyl groups is 1. The second kappa shape index (κ2) is 6.96. The van der Waals surface area contributed by atoms with Crippen LogP contribution in [0.15, 0.2) is 18.2 Å². The zero-order valence-electron chi connectivity index (χ0n) is 14.9. The lowest BCUT2D eigenvalue weighted by Crippen LogP contribution is -2.53. The lowest BCUT2D eigenvalue weighted by molar-refractivity contribution is -0.151. The maximum atomic E-state index is 12.5. The molecule has 0 radical (unpaired) electrons. The van der Waals surface area contributed by atoms with Gasteiger partial charge in [0.25, 0.3) is 0 Å². The summed E-state index contributed by atoms with van der Waals surface area (Å²) < 4.78 is 5.37. The van der Waals surface area contributed by atoms with Gasteiger partial charge in [0.2, 0.25) is 0 Å². The number of carbonyl (C=O) groups is 3. The lowest BCUT2D eigenvalue weighted by atomic mass is 9.60. The Morgan fingerprint density at radius 2 is 1.92 bits per heavy atom. The van der Waals surface area contributed by atoms with Crippen molar-refractivity contribution in [1.82, 2.24) is 0 Å². The van der Waals surface area contributed by atoms with Crippen molar-refractivity contribution in [3.8, 4) is 11.5 Å². The molecule has 0 spiro atoms. The number of aromatic hydroxyl groups is 1. The molecule has 0 aromatic heterocycles. The Bertz CT molecular complexity index is 706. The zero-order valence-corrected chi connectivity index (χ0v) is 14.9. The Labute approximate surface area is 146 Å². The normalized spacial score (nSPS) is 29.3. The summed E-state index contributed by atoms with van der Waals surface area (Å²) in [5.74, 6) is -3.59. The van der Waals surface area contributed by atoms with Crippen molar-refractivity contribution >= 4 is 17.3 Å². The smallest absolute Gasteiger partial charge is 0.161 e. The monoisotopic (exact) mass is 348 g/mol. The number of hydrogen-bond donors (Lipinski definition) is 2. The van der Waals surface area contributed by atoms with Crippen LogP contribution in [-0.4, -0.2) is 39.8 Å².